The number of benzene rings is 1. The first kappa shape index (κ1) is 12.3. The molecule has 0 fully saturated rings. The van der Waals surface area contributed by atoms with E-state index in [-0.39, 0.29) is 11.4 Å². The highest BCUT2D eigenvalue weighted by Gasteiger charge is 2.19. The molecule has 0 spiro atoms. The molecule has 0 saturated heterocycles. The van der Waals surface area contributed by atoms with Crippen LogP contribution in [0.4, 0.5) is 15.8 Å². The van der Waals surface area contributed by atoms with Gasteiger partial charge in [-0.15, -0.1) is 0 Å². The van der Waals surface area contributed by atoms with Gasteiger partial charge in [0.25, 0.3) is 10.0 Å². The van der Waals surface area contributed by atoms with Crippen molar-refractivity contribution in [2.24, 2.45) is 0 Å². The van der Waals surface area contributed by atoms with E-state index in [1.54, 1.807) is 6.07 Å². The Morgan fingerprint density at radius 1 is 1.28 bits per heavy atom. The van der Waals surface area contributed by atoms with Crippen molar-refractivity contribution in [3.8, 4) is 0 Å². The highest BCUT2D eigenvalue weighted by atomic mass is 32.2. The number of nitrogens with zero attached hydrogens (tertiary/aromatic N) is 1. The number of halogens is 1. The lowest BCUT2D eigenvalue weighted by Gasteiger charge is -2.08. The van der Waals surface area contributed by atoms with Crippen LogP contribution in [-0.4, -0.2) is 13.4 Å². The van der Waals surface area contributed by atoms with Crippen molar-refractivity contribution >= 4 is 21.4 Å². The Morgan fingerprint density at radius 3 is 2.67 bits per heavy atom. The molecule has 1 heterocycles. The van der Waals surface area contributed by atoms with E-state index in [2.05, 4.69) is 9.71 Å². The van der Waals surface area contributed by atoms with Gasteiger partial charge < -0.3 is 5.73 Å². The van der Waals surface area contributed by atoms with Crippen molar-refractivity contribution in [3.05, 3.63) is 48.5 Å². The van der Waals surface area contributed by atoms with Crippen molar-refractivity contribution in [1.82, 2.24) is 4.98 Å². The molecule has 0 radical (unpaired) electrons. The molecular weight excluding hydrogens is 257 g/mol. The van der Waals surface area contributed by atoms with Crippen molar-refractivity contribution in [2.45, 2.75) is 4.90 Å². The smallest absolute Gasteiger partial charge is 0.264 e. The van der Waals surface area contributed by atoms with Gasteiger partial charge in [-0.2, -0.15) is 0 Å². The maximum atomic E-state index is 13.5. The molecule has 0 aliphatic rings. The molecule has 0 atom stereocenters. The minimum absolute atomic E-state index is 0.160. The number of rotatable bonds is 3. The lowest BCUT2D eigenvalue weighted by molar-refractivity contribution is 0.571. The fraction of sp³-hybridized carbons (Fsp3) is 0. The molecule has 0 bridgehead atoms. The first-order valence-corrected chi connectivity index (χ1v) is 6.45. The Kier molecular flexibility index (Phi) is 3.15. The van der Waals surface area contributed by atoms with Crippen LogP contribution in [0.2, 0.25) is 0 Å². The summed E-state index contributed by atoms with van der Waals surface area (Å²) in [5.74, 6) is -0.897. The monoisotopic (exact) mass is 267 g/mol. The zero-order valence-electron chi connectivity index (χ0n) is 9.17. The van der Waals surface area contributed by atoms with Gasteiger partial charge in [-0.3, -0.25) is 9.71 Å². The van der Waals surface area contributed by atoms with Crippen LogP contribution in [0.1, 0.15) is 0 Å². The van der Waals surface area contributed by atoms with E-state index in [9.17, 15) is 12.8 Å². The predicted molar refractivity (Wildman–Crippen MR) is 65.9 cm³/mol. The summed E-state index contributed by atoms with van der Waals surface area (Å²) in [6, 6.07) is 6.47. The molecule has 0 amide bonds. The summed E-state index contributed by atoms with van der Waals surface area (Å²) in [4.78, 5) is 3.30. The molecule has 1 aromatic carbocycles. The molecule has 5 nitrogen and oxygen atoms in total. The third-order valence-electron chi connectivity index (χ3n) is 2.16. The maximum absolute atomic E-state index is 13.5. The Labute approximate surface area is 104 Å². The van der Waals surface area contributed by atoms with Crippen molar-refractivity contribution in [2.75, 3.05) is 10.5 Å². The van der Waals surface area contributed by atoms with Gasteiger partial charge in [-0.05, 0) is 30.3 Å². The fourth-order valence-electron chi connectivity index (χ4n) is 1.37. The normalized spacial score (nSPS) is 11.2. The van der Waals surface area contributed by atoms with Crippen LogP contribution in [0.25, 0.3) is 0 Å². The van der Waals surface area contributed by atoms with Gasteiger partial charge in [0, 0.05) is 11.9 Å². The van der Waals surface area contributed by atoms with E-state index in [1.807, 2.05) is 0 Å². The number of nitrogens with two attached hydrogens (primary N) is 1. The molecule has 2 aromatic rings. The van der Waals surface area contributed by atoms with Crippen molar-refractivity contribution < 1.29 is 12.8 Å². The first-order chi connectivity index (χ1) is 8.49. The van der Waals surface area contributed by atoms with Gasteiger partial charge in [0.2, 0.25) is 0 Å². The summed E-state index contributed by atoms with van der Waals surface area (Å²) < 4.78 is 39.6. The highest BCUT2D eigenvalue weighted by molar-refractivity contribution is 7.92. The number of anilines is 2. The second-order valence-corrected chi connectivity index (χ2v) is 5.19. The molecule has 1 aromatic heterocycles. The van der Waals surface area contributed by atoms with Crippen LogP contribution in [0, 0.1) is 5.82 Å². The largest absolute Gasteiger partial charge is 0.399 e. The Bertz CT molecular complexity index is 659. The average molecular weight is 267 g/mol. The quantitative estimate of drug-likeness (QED) is 0.827. The number of hydrogen-bond acceptors (Lipinski definition) is 4. The molecule has 0 aliphatic heterocycles. The molecule has 2 rings (SSSR count). The maximum Gasteiger partial charge on any atom is 0.264 e. The summed E-state index contributed by atoms with van der Waals surface area (Å²) >= 11 is 0. The van der Waals surface area contributed by atoms with Gasteiger partial charge in [-0.25, -0.2) is 12.8 Å². The number of nitrogens with one attached hydrogen (secondary N) is 1. The minimum Gasteiger partial charge on any atom is -0.399 e. The van der Waals surface area contributed by atoms with Crippen LogP contribution in [0.5, 0.6) is 0 Å². The molecule has 0 saturated carbocycles. The standard InChI is InChI=1S/C11H10FN3O2S/c12-10-6-8(13)3-4-11(10)18(16,17)15-9-2-1-5-14-7-9/h1-7,15H,13H2. The second kappa shape index (κ2) is 4.61. The van der Waals surface area contributed by atoms with E-state index in [0.717, 1.165) is 12.1 Å². The molecule has 94 valence electrons. The summed E-state index contributed by atoms with van der Waals surface area (Å²) in [7, 11) is -3.98. The van der Waals surface area contributed by atoms with E-state index >= 15 is 0 Å². The molecule has 7 heteroatoms. The first-order valence-electron chi connectivity index (χ1n) is 4.97. The number of sulfonamides is 1. The topological polar surface area (TPSA) is 85.1 Å². The number of aromatic nitrogens is 1. The molecule has 0 aliphatic carbocycles. The predicted octanol–water partition coefficient (Wildman–Crippen LogP) is 1.60. The third-order valence-corrected chi connectivity index (χ3v) is 3.57. The second-order valence-electron chi connectivity index (χ2n) is 3.54. The van der Waals surface area contributed by atoms with E-state index in [4.69, 9.17) is 5.73 Å². The Morgan fingerprint density at radius 2 is 2.06 bits per heavy atom. The molecular formula is C11H10FN3O2S. The van der Waals surface area contributed by atoms with Crippen LogP contribution >= 0.6 is 0 Å². The minimum atomic E-state index is -3.98. The number of hydrogen-bond donors (Lipinski definition) is 2. The van der Waals surface area contributed by atoms with Crippen molar-refractivity contribution in [3.63, 3.8) is 0 Å². The lowest BCUT2D eigenvalue weighted by atomic mass is 10.3. The van der Waals surface area contributed by atoms with Gasteiger partial charge in [0.1, 0.15) is 10.7 Å². The van der Waals surface area contributed by atoms with E-state index in [1.165, 1.54) is 24.5 Å². The van der Waals surface area contributed by atoms with Gasteiger partial charge in [-0.1, -0.05) is 0 Å². The lowest BCUT2D eigenvalue weighted by Crippen LogP contribution is -2.14. The zero-order chi connectivity index (χ0) is 13.2. The highest BCUT2D eigenvalue weighted by Crippen LogP contribution is 2.20. The average Bonchev–Trinajstić information content (AvgIpc) is 2.29. The van der Waals surface area contributed by atoms with E-state index < -0.39 is 20.7 Å². The van der Waals surface area contributed by atoms with Gasteiger partial charge in [0.05, 0.1) is 11.9 Å². The molecule has 18 heavy (non-hydrogen) atoms. The van der Waals surface area contributed by atoms with Crippen LogP contribution in [0.3, 0.4) is 0 Å². The summed E-state index contributed by atoms with van der Waals surface area (Å²) in [6.07, 6.45) is 2.83. The third kappa shape index (κ3) is 2.57. The molecule has 3 N–H and O–H groups in total. The van der Waals surface area contributed by atoms with Crippen LogP contribution in [-0.2, 0) is 10.0 Å². The fourth-order valence-corrected chi connectivity index (χ4v) is 2.47. The van der Waals surface area contributed by atoms with Gasteiger partial charge in [0.15, 0.2) is 0 Å². The number of nitrogen functional groups attached to an aromatic ring is 1. The SMILES string of the molecule is Nc1ccc(S(=O)(=O)Nc2cccnc2)c(F)c1. The Balaban J connectivity index is 2.37. The van der Waals surface area contributed by atoms with Gasteiger partial charge >= 0.3 is 0 Å². The van der Waals surface area contributed by atoms with Crippen LogP contribution in [0.15, 0.2) is 47.6 Å². The summed E-state index contributed by atoms with van der Waals surface area (Å²) in [6.45, 7) is 0. The van der Waals surface area contributed by atoms with Crippen LogP contribution < -0.4 is 10.5 Å². The molecule has 0 unspecified atom stereocenters. The summed E-state index contributed by atoms with van der Waals surface area (Å²) in [5.41, 5.74) is 5.78. The zero-order valence-corrected chi connectivity index (χ0v) is 9.99. The van der Waals surface area contributed by atoms with Crippen molar-refractivity contribution in [1.29, 1.82) is 0 Å². The van der Waals surface area contributed by atoms with E-state index in [0.29, 0.717) is 0 Å². The summed E-state index contributed by atoms with van der Waals surface area (Å²) in [5, 5.41) is 0. The number of pyridine rings is 1. The Hall–Kier alpha value is -2.15.